The van der Waals surface area contributed by atoms with Crippen LogP contribution in [0.4, 0.5) is 14.5 Å². The summed E-state index contributed by atoms with van der Waals surface area (Å²) in [5, 5.41) is 4.12. The summed E-state index contributed by atoms with van der Waals surface area (Å²) in [6, 6.07) is 8.21. The molecule has 0 bridgehead atoms. The van der Waals surface area contributed by atoms with Gasteiger partial charge in [0.25, 0.3) is 5.91 Å². The summed E-state index contributed by atoms with van der Waals surface area (Å²) in [5.74, 6) is -0.300. The van der Waals surface area contributed by atoms with E-state index in [1.165, 1.54) is 11.4 Å². The van der Waals surface area contributed by atoms with Gasteiger partial charge in [0.15, 0.2) is 0 Å². The largest absolute Gasteiger partial charge is 0.433 e. The molecule has 2 rings (SSSR count). The molecular weight excluding hydrogens is 332 g/mol. The molecule has 1 heterocycles. The minimum Gasteiger partial charge on any atom is -0.433 e. The highest BCUT2D eigenvalue weighted by Crippen LogP contribution is 2.27. The average Bonchev–Trinajstić information content (AvgIpc) is 2.85. The minimum atomic E-state index is -2.98. The molecule has 1 aromatic heterocycles. The topological polar surface area (TPSA) is 55.4 Å². The molecule has 0 saturated heterocycles. The van der Waals surface area contributed by atoms with Gasteiger partial charge in [-0.1, -0.05) is 12.1 Å². The van der Waals surface area contributed by atoms with Crippen molar-refractivity contribution in [1.29, 1.82) is 0 Å². The van der Waals surface area contributed by atoms with Gasteiger partial charge in [0.2, 0.25) is 0 Å². The SMILES string of the molecule is C[S@](=O)Cc1cccc(NC(=O)c2sccc2OC(F)F)c1. The molecule has 4 nitrogen and oxygen atoms in total. The van der Waals surface area contributed by atoms with Crippen LogP contribution in [0.15, 0.2) is 35.7 Å². The summed E-state index contributed by atoms with van der Waals surface area (Å²) in [4.78, 5) is 12.2. The van der Waals surface area contributed by atoms with Crippen molar-refractivity contribution in [3.05, 3.63) is 46.2 Å². The van der Waals surface area contributed by atoms with Gasteiger partial charge in [-0.2, -0.15) is 8.78 Å². The third kappa shape index (κ3) is 4.60. The van der Waals surface area contributed by atoms with Crippen molar-refractivity contribution in [2.24, 2.45) is 0 Å². The number of halogens is 2. The van der Waals surface area contributed by atoms with Crippen LogP contribution in [0.3, 0.4) is 0 Å². The van der Waals surface area contributed by atoms with Crippen molar-refractivity contribution >= 4 is 33.7 Å². The van der Waals surface area contributed by atoms with E-state index in [2.05, 4.69) is 10.1 Å². The molecule has 0 aliphatic rings. The molecule has 118 valence electrons. The molecule has 0 fully saturated rings. The monoisotopic (exact) mass is 345 g/mol. The van der Waals surface area contributed by atoms with Crippen molar-refractivity contribution in [2.75, 3.05) is 11.6 Å². The van der Waals surface area contributed by atoms with Crippen molar-refractivity contribution in [3.63, 3.8) is 0 Å². The van der Waals surface area contributed by atoms with Crippen LogP contribution in [0.25, 0.3) is 0 Å². The fourth-order valence-corrected chi connectivity index (χ4v) is 3.18. The van der Waals surface area contributed by atoms with E-state index < -0.39 is 23.3 Å². The van der Waals surface area contributed by atoms with Crippen LogP contribution in [-0.2, 0) is 16.6 Å². The van der Waals surface area contributed by atoms with Crippen molar-refractivity contribution in [3.8, 4) is 5.75 Å². The quantitative estimate of drug-likeness (QED) is 0.872. The summed E-state index contributed by atoms with van der Waals surface area (Å²) in [6.45, 7) is -2.98. The zero-order chi connectivity index (χ0) is 16.1. The van der Waals surface area contributed by atoms with E-state index in [4.69, 9.17) is 0 Å². The molecule has 0 radical (unpaired) electrons. The summed E-state index contributed by atoms with van der Waals surface area (Å²) in [5.41, 5.74) is 1.32. The van der Waals surface area contributed by atoms with Crippen molar-refractivity contribution in [2.45, 2.75) is 12.4 Å². The van der Waals surface area contributed by atoms with Gasteiger partial charge in [-0.3, -0.25) is 9.00 Å². The van der Waals surface area contributed by atoms with E-state index in [1.807, 2.05) is 0 Å². The Hall–Kier alpha value is -1.80. The first-order valence-corrected chi connectivity index (χ1v) is 8.79. The molecule has 0 aliphatic carbocycles. The number of carbonyl (C=O) groups excluding carboxylic acids is 1. The number of hydrogen-bond donors (Lipinski definition) is 1. The van der Waals surface area contributed by atoms with Crippen molar-refractivity contribution < 1.29 is 22.5 Å². The molecule has 2 aromatic rings. The van der Waals surface area contributed by atoms with Gasteiger partial charge < -0.3 is 10.1 Å². The van der Waals surface area contributed by atoms with Crippen molar-refractivity contribution in [1.82, 2.24) is 0 Å². The number of nitrogens with one attached hydrogen (secondary N) is 1. The number of anilines is 1. The molecule has 1 aromatic carbocycles. The minimum absolute atomic E-state index is 0.0739. The fraction of sp³-hybridized carbons (Fsp3) is 0.214. The van der Waals surface area contributed by atoms with E-state index in [0.29, 0.717) is 11.4 Å². The van der Waals surface area contributed by atoms with Gasteiger partial charge in [-0.25, -0.2) is 0 Å². The second-order valence-electron chi connectivity index (χ2n) is 4.36. The molecule has 1 amide bonds. The van der Waals surface area contributed by atoms with Gasteiger partial charge in [0.05, 0.1) is 0 Å². The molecule has 0 unspecified atom stereocenters. The van der Waals surface area contributed by atoms with Gasteiger partial charge >= 0.3 is 6.61 Å². The number of rotatable bonds is 6. The fourth-order valence-electron chi connectivity index (χ4n) is 1.81. The first kappa shape index (κ1) is 16.6. The Labute approximate surface area is 132 Å². The van der Waals surface area contributed by atoms with Gasteiger partial charge in [0.1, 0.15) is 10.6 Å². The normalized spacial score (nSPS) is 12.2. The molecule has 0 spiro atoms. The Morgan fingerprint density at radius 2 is 2.18 bits per heavy atom. The first-order chi connectivity index (χ1) is 10.5. The highest BCUT2D eigenvalue weighted by molar-refractivity contribution is 7.83. The summed E-state index contributed by atoms with van der Waals surface area (Å²) < 4.78 is 40.0. The summed E-state index contributed by atoms with van der Waals surface area (Å²) >= 11 is 1.01. The van der Waals surface area contributed by atoms with Gasteiger partial charge in [-0.05, 0) is 29.1 Å². The Kier molecular flexibility index (Phi) is 5.62. The molecule has 1 N–H and O–H groups in total. The highest BCUT2D eigenvalue weighted by atomic mass is 32.2. The number of amides is 1. The Balaban J connectivity index is 2.12. The third-order valence-electron chi connectivity index (χ3n) is 2.61. The Morgan fingerprint density at radius 3 is 2.86 bits per heavy atom. The number of alkyl halides is 2. The maximum absolute atomic E-state index is 12.3. The molecule has 8 heteroatoms. The molecule has 0 saturated carbocycles. The molecule has 1 atom stereocenters. The third-order valence-corrected chi connectivity index (χ3v) is 4.24. The summed E-state index contributed by atoms with van der Waals surface area (Å²) in [7, 11) is -0.991. The van der Waals surface area contributed by atoms with E-state index >= 15 is 0 Å². The maximum Gasteiger partial charge on any atom is 0.387 e. The molecule has 0 aliphatic heterocycles. The van der Waals surface area contributed by atoms with Crippen LogP contribution in [0.5, 0.6) is 5.75 Å². The average molecular weight is 345 g/mol. The smallest absolute Gasteiger partial charge is 0.387 e. The zero-order valence-electron chi connectivity index (χ0n) is 11.5. The van der Waals surface area contributed by atoms with Crippen LogP contribution in [0.2, 0.25) is 0 Å². The second kappa shape index (κ2) is 7.46. The van der Waals surface area contributed by atoms with E-state index in [-0.39, 0.29) is 10.6 Å². The van der Waals surface area contributed by atoms with Crippen LogP contribution >= 0.6 is 11.3 Å². The number of benzene rings is 1. The number of thiophene rings is 1. The van der Waals surface area contributed by atoms with Crippen LogP contribution in [0, 0.1) is 0 Å². The van der Waals surface area contributed by atoms with E-state index in [0.717, 1.165) is 16.9 Å². The first-order valence-electron chi connectivity index (χ1n) is 6.18. The van der Waals surface area contributed by atoms with Crippen LogP contribution in [-0.4, -0.2) is 23.0 Å². The number of ether oxygens (including phenoxy) is 1. The van der Waals surface area contributed by atoms with Crippen LogP contribution < -0.4 is 10.1 Å². The predicted octanol–water partition coefficient (Wildman–Crippen LogP) is 3.48. The highest BCUT2D eigenvalue weighted by Gasteiger charge is 2.17. The molecule has 22 heavy (non-hydrogen) atoms. The lowest BCUT2D eigenvalue weighted by molar-refractivity contribution is -0.0498. The molecular formula is C14H13F2NO3S2. The zero-order valence-corrected chi connectivity index (χ0v) is 13.2. The Bertz CT molecular complexity index is 688. The second-order valence-corrected chi connectivity index (χ2v) is 6.72. The van der Waals surface area contributed by atoms with Gasteiger partial charge in [0, 0.05) is 28.5 Å². The summed E-state index contributed by atoms with van der Waals surface area (Å²) in [6.07, 6.45) is 1.59. The lowest BCUT2D eigenvalue weighted by Gasteiger charge is -2.08. The van der Waals surface area contributed by atoms with Crippen LogP contribution in [0.1, 0.15) is 15.2 Å². The van der Waals surface area contributed by atoms with E-state index in [9.17, 15) is 17.8 Å². The number of carbonyl (C=O) groups is 1. The standard InChI is InChI=1S/C14H13F2NO3S2/c1-22(19)8-9-3-2-4-10(7-9)17-13(18)12-11(5-6-21-12)20-14(15)16/h2-7,14H,8H2,1H3,(H,17,18)/t22-/m0/s1. The van der Waals surface area contributed by atoms with E-state index in [1.54, 1.807) is 30.5 Å². The maximum atomic E-state index is 12.3. The predicted molar refractivity (Wildman–Crippen MR) is 83.1 cm³/mol. The Morgan fingerprint density at radius 1 is 1.41 bits per heavy atom. The number of hydrogen-bond acceptors (Lipinski definition) is 4. The lowest BCUT2D eigenvalue weighted by atomic mass is 10.2. The van der Waals surface area contributed by atoms with Gasteiger partial charge in [-0.15, -0.1) is 11.3 Å². The lowest BCUT2D eigenvalue weighted by Crippen LogP contribution is -2.13.